The lowest BCUT2D eigenvalue weighted by Crippen LogP contribution is -2.01. The number of hydrogen-bond donors (Lipinski definition) is 0. The summed E-state index contributed by atoms with van der Waals surface area (Å²) >= 11 is 0. The molecule has 302 valence electrons. The molecule has 0 amide bonds. The second-order valence-electron chi connectivity index (χ2n) is 17.5. The maximum absolute atomic E-state index is 2.47. The van der Waals surface area contributed by atoms with Crippen LogP contribution >= 0.6 is 0 Å². The quantitative estimate of drug-likeness (QED) is 0.165. The van der Waals surface area contributed by atoms with Crippen LogP contribution in [0, 0.1) is 0 Å². The van der Waals surface area contributed by atoms with Crippen molar-refractivity contribution in [2.45, 2.75) is 25.7 Å². The average Bonchev–Trinajstić information content (AvgIpc) is 4.08. The van der Waals surface area contributed by atoms with E-state index in [1.165, 1.54) is 110 Å². The van der Waals surface area contributed by atoms with E-state index in [0.29, 0.717) is 0 Å². The maximum Gasteiger partial charge on any atom is 0.0561 e. The van der Waals surface area contributed by atoms with Crippen molar-refractivity contribution in [3.05, 3.63) is 217 Å². The van der Waals surface area contributed by atoms with Gasteiger partial charge in [-0.05, 0) is 133 Å². The third-order valence-electron chi connectivity index (χ3n) is 14.1. The van der Waals surface area contributed by atoms with E-state index >= 15 is 0 Å². The van der Waals surface area contributed by atoms with Gasteiger partial charge in [-0.15, -0.1) is 0 Å². The van der Waals surface area contributed by atoms with Gasteiger partial charge in [-0.25, -0.2) is 0 Å². The molecule has 0 radical (unpaired) electrons. The average molecular weight is 819 g/mol. The Morgan fingerprint density at radius 1 is 0.281 bits per heavy atom. The Kier molecular flexibility index (Phi) is 7.61. The Bertz CT molecular complexity index is 3680. The van der Waals surface area contributed by atoms with Gasteiger partial charge < -0.3 is 18.3 Å². The second-order valence-corrected chi connectivity index (χ2v) is 17.5. The number of nitrogens with zero attached hydrogens (tertiary/aromatic N) is 4. The van der Waals surface area contributed by atoms with Gasteiger partial charge in [0.2, 0.25) is 0 Å². The van der Waals surface area contributed by atoms with Crippen LogP contribution in [0.25, 0.3) is 111 Å². The molecule has 14 rings (SSSR count). The van der Waals surface area contributed by atoms with Gasteiger partial charge in [0.1, 0.15) is 0 Å². The molecule has 4 heteroatoms. The number of allylic oxidation sites excluding steroid dienone is 2. The Morgan fingerprint density at radius 2 is 0.672 bits per heavy atom. The molecular weight excluding hydrogens is 777 g/mol. The molecule has 2 aliphatic rings. The molecule has 0 saturated heterocycles. The molecule has 0 saturated carbocycles. The van der Waals surface area contributed by atoms with Crippen molar-refractivity contribution < 1.29 is 0 Å². The molecule has 4 heterocycles. The smallest absolute Gasteiger partial charge is 0.0561 e. The molecule has 8 aromatic carbocycles. The van der Waals surface area contributed by atoms with Crippen LogP contribution in [0.4, 0.5) is 0 Å². The highest BCUT2D eigenvalue weighted by molar-refractivity contribution is 6.13. The van der Waals surface area contributed by atoms with E-state index in [1.807, 2.05) is 0 Å². The predicted molar refractivity (Wildman–Crippen MR) is 269 cm³/mol. The number of aryl methyl sites for hydroxylation is 2. The molecular formula is C60H42N4. The van der Waals surface area contributed by atoms with Gasteiger partial charge in [-0.2, -0.15) is 0 Å². The molecule has 4 nitrogen and oxygen atoms in total. The minimum Gasteiger partial charge on any atom is -0.310 e. The fourth-order valence-electron chi connectivity index (χ4n) is 11.3. The SMILES string of the molecule is C1=Cc2c(c3ccccc3n2-c2ccc3c4ccc(-c5ccc6c7ccc(-n8c9c(c%10ccccc%108)CCC=C9)cc7n(-c7ccccc7)c6c5)cc4n(-c4ccccc4)c3c2)CC1. The van der Waals surface area contributed by atoms with Crippen LogP contribution in [-0.4, -0.2) is 18.3 Å². The molecule has 0 fully saturated rings. The van der Waals surface area contributed by atoms with E-state index in [1.54, 1.807) is 0 Å². The molecule has 0 aliphatic heterocycles. The van der Waals surface area contributed by atoms with E-state index in [-0.39, 0.29) is 0 Å². The van der Waals surface area contributed by atoms with Crippen molar-refractivity contribution in [3.8, 4) is 33.9 Å². The molecule has 2 aliphatic carbocycles. The third kappa shape index (κ3) is 5.11. The highest BCUT2D eigenvalue weighted by Gasteiger charge is 2.23. The van der Waals surface area contributed by atoms with Crippen molar-refractivity contribution in [1.29, 1.82) is 0 Å². The molecule has 12 aromatic rings. The van der Waals surface area contributed by atoms with E-state index in [2.05, 4.69) is 225 Å². The lowest BCUT2D eigenvalue weighted by atomic mass is 10.0. The maximum atomic E-state index is 2.47. The van der Waals surface area contributed by atoms with Gasteiger partial charge in [0.05, 0.1) is 33.1 Å². The summed E-state index contributed by atoms with van der Waals surface area (Å²) in [6, 6.07) is 67.7. The number of para-hydroxylation sites is 4. The van der Waals surface area contributed by atoms with Gasteiger partial charge in [0, 0.05) is 66.5 Å². The molecule has 64 heavy (non-hydrogen) atoms. The summed E-state index contributed by atoms with van der Waals surface area (Å²) in [5.74, 6) is 0. The summed E-state index contributed by atoms with van der Waals surface area (Å²) in [5.41, 5.74) is 19.8. The van der Waals surface area contributed by atoms with Crippen molar-refractivity contribution >= 4 is 77.6 Å². The summed E-state index contributed by atoms with van der Waals surface area (Å²) < 4.78 is 9.86. The van der Waals surface area contributed by atoms with Crippen LogP contribution in [0.15, 0.2) is 194 Å². The standard InChI is InChI=1S/C60H42N4/c1-3-15-41(16-4-1)61-57-35-39(27-31-49(57)51-33-29-43(37-59(51)61)63-53-23-11-7-19-45(53)46-20-8-12-24-54(46)63)40-28-32-50-52-34-30-44(38-60(52)62(58(50)36-40)42-17-5-2-6-18-42)64-55-25-13-9-21-47(55)48-22-10-14-26-56(48)64/h1-7,9,11-19,21,23-38H,8,10,20,22H2. The van der Waals surface area contributed by atoms with Crippen LogP contribution in [0.1, 0.15) is 35.4 Å². The summed E-state index contributed by atoms with van der Waals surface area (Å²) in [6.07, 6.45) is 13.6. The number of benzene rings is 8. The van der Waals surface area contributed by atoms with Crippen molar-refractivity contribution in [2.24, 2.45) is 0 Å². The van der Waals surface area contributed by atoms with Crippen LogP contribution in [0.5, 0.6) is 0 Å². The molecule has 0 atom stereocenters. The minimum atomic E-state index is 1.07. The highest BCUT2D eigenvalue weighted by Crippen LogP contribution is 2.42. The summed E-state index contributed by atoms with van der Waals surface area (Å²) in [7, 11) is 0. The predicted octanol–water partition coefficient (Wildman–Crippen LogP) is 15.4. The first-order valence-corrected chi connectivity index (χ1v) is 22.6. The normalized spacial score (nSPS) is 13.6. The first-order chi connectivity index (χ1) is 31.8. The van der Waals surface area contributed by atoms with Gasteiger partial charge in [0.25, 0.3) is 0 Å². The van der Waals surface area contributed by atoms with E-state index in [4.69, 9.17) is 0 Å². The first-order valence-electron chi connectivity index (χ1n) is 22.6. The number of aromatic nitrogens is 4. The Balaban J connectivity index is 0.970. The van der Waals surface area contributed by atoms with Gasteiger partial charge >= 0.3 is 0 Å². The first kappa shape index (κ1) is 35.5. The van der Waals surface area contributed by atoms with Crippen LogP contribution in [-0.2, 0) is 12.8 Å². The topological polar surface area (TPSA) is 19.7 Å². The summed E-state index contributed by atoms with van der Waals surface area (Å²) in [6.45, 7) is 0. The Hall–Kier alpha value is -8.08. The zero-order valence-electron chi connectivity index (χ0n) is 35.2. The van der Waals surface area contributed by atoms with Crippen LogP contribution in [0.3, 0.4) is 0 Å². The Morgan fingerprint density at radius 3 is 1.12 bits per heavy atom. The highest BCUT2D eigenvalue weighted by atomic mass is 15.0. The molecule has 0 spiro atoms. The fraction of sp³-hybridized carbons (Fsp3) is 0.0667. The summed E-state index contributed by atoms with van der Waals surface area (Å²) in [4.78, 5) is 0. The van der Waals surface area contributed by atoms with Crippen LogP contribution < -0.4 is 0 Å². The minimum absolute atomic E-state index is 1.07. The van der Waals surface area contributed by atoms with Crippen molar-refractivity contribution in [3.63, 3.8) is 0 Å². The Labute approximate surface area is 370 Å². The fourth-order valence-corrected chi connectivity index (χ4v) is 11.3. The largest absolute Gasteiger partial charge is 0.310 e. The lowest BCUT2D eigenvalue weighted by Gasteiger charge is -2.14. The molecule has 0 N–H and O–H groups in total. The van der Waals surface area contributed by atoms with E-state index in [0.717, 1.165) is 37.1 Å². The third-order valence-corrected chi connectivity index (χ3v) is 14.1. The van der Waals surface area contributed by atoms with E-state index in [9.17, 15) is 0 Å². The second kappa shape index (κ2) is 13.7. The van der Waals surface area contributed by atoms with Crippen LogP contribution in [0.2, 0.25) is 0 Å². The molecule has 0 unspecified atom stereocenters. The van der Waals surface area contributed by atoms with Gasteiger partial charge in [-0.3, -0.25) is 0 Å². The zero-order valence-corrected chi connectivity index (χ0v) is 35.2. The monoisotopic (exact) mass is 818 g/mol. The molecule has 0 bridgehead atoms. The van der Waals surface area contributed by atoms with Crippen molar-refractivity contribution in [1.82, 2.24) is 18.3 Å². The number of fused-ring (bicyclic) bond motifs is 12. The van der Waals surface area contributed by atoms with E-state index < -0.39 is 0 Å². The summed E-state index contributed by atoms with van der Waals surface area (Å²) in [5, 5.41) is 7.69. The number of rotatable bonds is 5. The van der Waals surface area contributed by atoms with Gasteiger partial charge in [0.15, 0.2) is 0 Å². The van der Waals surface area contributed by atoms with Gasteiger partial charge in [-0.1, -0.05) is 121 Å². The number of hydrogen-bond acceptors (Lipinski definition) is 0. The zero-order chi connectivity index (χ0) is 41.9. The van der Waals surface area contributed by atoms with Crippen molar-refractivity contribution in [2.75, 3.05) is 0 Å². The molecule has 4 aromatic heterocycles. The lowest BCUT2D eigenvalue weighted by molar-refractivity contribution is 0.968.